The molecule has 0 aromatic heterocycles. The van der Waals surface area contributed by atoms with Crippen molar-refractivity contribution in [1.29, 1.82) is 0 Å². The number of halogens is 1. The molecule has 0 amide bonds. The highest BCUT2D eigenvalue weighted by Crippen LogP contribution is 2.22. The maximum Gasteiger partial charge on any atom is 0.0426 e. The molecule has 2 aliphatic rings. The first kappa shape index (κ1) is 20.5. The van der Waals surface area contributed by atoms with Gasteiger partial charge in [0, 0.05) is 68.8 Å². The van der Waals surface area contributed by atoms with Crippen molar-refractivity contribution in [3.05, 3.63) is 59.1 Å². The zero-order valence-corrected chi connectivity index (χ0v) is 18.3. The summed E-state index contributed by atoms with van der Waals surface area (Å²) in [5, 5.41) is 0.826. The standard InChI is InChI=1S/C24H33ClN4/c1-21-6-2-3-9-24(21)29-18-14-27(15-19-29)11-5-10-26-12-16-28(17-13-26)23-8-4-7-22(25)20-23/h2-4,6-9,20H,5,10-19H2,1H3. The van der Waals surface area contributed by atoms with Gasteiger partial charge in [-0.15, -0.1) is 0 Å². The molecule has 2 aliphatic heterocycles. The van der Waals surface area contributed by atoms with Crippen LogP contribution in [0.25, 0.3) is 0 Å². The van der Waals surface area contributed by atoms with E-state index in [1.54, 1.807) is 0 Å². The molecule has 2 heterocycles. The van der Waals surface area contributed by atoms with Gasteiger partial charge in [-0.3, -0.25) is 9.80 Å². The summed E-state index contributed by atoms with van der Waals surface area (Å²) < 4.78 is 0. The van der Waals surface area contributed by atoms with Crippen LogP contribution in [0.15, 0.2) is 48.5 Å². The monoisotopic (exact) mass is 412 g/mol. The van der Waals surface area contributed by atoms with Gasteiger partial charge in [-0.05, 0) is 56.3 Å². The number of nitrogens with zero attached hydrogens (tertiary/aromatic N) is 4. The van der Waals surface area contributed by atoms with Crippen LogP contribution in [0.4, 0.5) is 11.4 Å². The minimum Gasteiger partial charge on any atom is -0.369 e. The topological polar surface area (TPSA) is 13.0 Å². The molecule has 2 aromatic rings. The minimum absolute atomic E-state index is 0.826. The fourth-order valence-corrected chi connectivity index (χ4v) is 4.74. The molecule has 29 heavy (non-hydrogen) atoms. The van der Waals surface area contributed by atoms with Gasteiger partial charge in [-0.1, -0.05) is 35.9 Å². The number of hydrogen-bond acceptors (Lipinski definition) is 4. The van der Waals surface area contributed by atoms with Gasteiger partial charge in [0.15, 0.2) is 0 Å². The quantitative estimate of drug-likeness (QED) is 0.711. The van der Waals surface area contributed by atoms with E-state index in [1.807, 2.05) is 12.1 Å². The van der Waals surface area contributed by atoms with Crippen molar-refractivity contribution in [2.75, 3.05) is 75.2 Å². The number of anilines is 2. The second-order valence-electron chi connectivity index (χ2n) is 8.28. The third-order valence-corrected chi connectivity index (χ3v) is 6.56. The van der Waals surface area contributed by atoms with Crippen molar-refractivity contribution in [3.63, 3.8) is 0 Å². The lowest BCUT2D eigenvalue weighted by molar-refractivity contribution is 0.213. The molecule has 0 spiro atoms. The van der Waals surface area contributed by atoms with Gasteiger partial charge < -0.3 is 9.80 Å². The molecule has 2 fully saturated rings. The first-order valence-corrected chi connectivity index (χ1v) is 11.3. The second kappa shape index (κ2) is 9.84. The Hall–Kier alpha value is -1.75. The van der Waals surface area contributed by atoms with Gasteiger partial charge in [0.2, 0.25) is 0 Å². The van der Waals surface area contributed by atoms with E-state index in [0.29, 0.717) is 0 Å². The highest BCUT2D eigenvalue weighted by atomic mass is 35.5. The van der Waals surface area contributed by atoms with Gasteiger partial charge in [-0.25, -0.2) is 0 Å². The van der Waals surface area contributed by atoms with Gasteiger partial charge >= 0.3 is 0 Å². The van der Waals surface area contributed by atoms with E-state index in [1.165, 1.54) is 49.5 Å². The van der Waals surface area contributed by atoms with E-state index in [0.717, 1.165) is 44.3 Å². The molecular weight excluding hydrogens is 380 g/mol. The zero-order chi connectivity index (χ0) is 20.1. The maximum absolute atomic E-state index is 6.14. The lowest BCUT2D eigenvalue weighted by Crippen LogP contribution is -2.48. The SMILES string of the molecule is Cc1ccccc1N1CCN(CCCN2CCN(c3cccc(Cl)c3)CC2)CC1. The average molecular weight is 413 g/mol. The summed E-state index contributed by atoms with van der Waals surface area (Å²) in [6, 6.07) is 17.0. The number of piperazine rings is 2. The summed E-state index contributed by atoms with van der Waals surface area (Å²) >= 11 is 6.14. The van der Waals surface area contributed by atoms with Crippen LogP contribution in [0.5, 0.6) is 0 Å². The van der Waals surface area contributed by atoms with Gasteiger partial charge in [0.05, 0.1) is 0 Å². The van der Waals surface area contributed by atoms with Crippen LogP contribution in [-0.4, -0.2) is 75.2 Å². The molecule has 156 valence electrons. The molecule has 5 heteroatoms. The van der Waals surface area contributed by atoms with E-state index >= 15 is 0 Å². The minimum atomic E-state index is 0.826. The van der Waals surface area contributed by atoms with Crippen molar-refractivity contribution >= 4 is 23.0 Å². The summed E-state index contributed by atoms with van der Waals surface area (Å²) in [4.78, 5) is 10.2. The zero-order valence-electron chi connectivity index (χ0n) is 17.6. The number of hydrogen-bond donors (Lipinski definition) is 0. The van der Waals surface area contributed by atoms with Crippen LogP contribution in [0, 0.1) is 6.92 Å². The van der Waals surface area contributed by atoms with Crippen LogP contribution < -0.4 is 9.80 Å². The largest absolute Gasteiger partial charge is 0.369 e. The molecule has 0 unspecified atom stereocenters. The van der Waals surface area contributed by atoms with Crippen molar-refractivity contribution in [1.82, 2.24) is 9.80 Å². The second-order valence-corrected chi connectivity index (χ2v) is 8.71. The molecule has 2 saturated heterocycles. The predicted molar refractivity (Wildman–Crippen MR) is 125 cm³/mol. The van der Waals surface area contributed by atoms with E-state index < -0.39 is 0 Å². The Morgan fingerprint density at radius 1 is 0.724 bits per heavy atom. The van der Waals surface area contributed by atoms with Crippen molar-refractivity contribution in [2.45, 2.75) is 13.3 Å². The van der Waals surface area contributed by atoms with E-state index in [2.05, 4.69) is 62.9 Å². The fourth-order valence-electron chi connectivity index (χ4n) is 4.55. The Morgan fingerprint density at radius 3 is 1.97 bits per heavy atom. The molecular formula is C24H33ClN4. The molecule has 0 saturated carbocycles. The lowest BCUT2D eigenvalue weighted by Gasteiger charge is -2.38. The molecule has 4 nitrogen and oxygen atoms in total. The van der Waals surface area contributed by atoms with Crippen LogP contribution >= 0.6 is 11.6 Å². The summed E-state index contributed by atoms with van der Waals surface area (Å²) in [5.74, 6) is 0. The third kappa shape index (κ3) is 5.44. The molecule has 0 atom stereocenters. The van der Waals surface area contributed by atoms with Gasteiger partial charge in [0.25, 0.3) is 0 Å². The fraction of sp³-hybridized carbons (Fsp3) is 0.500. The molecule has 0 N–H and O–H groups in total. The highest BCUT2D eigenvalue weighted by Gasteiger charge is 2.20. The van der Waals surface area contributed by atoms with Crippen molar-refractivity contribution in [3.8, 4) is 0 Å². The van der Waals surface area contributed by atoms with Crippen molar-refractivity contribution < 1.29 is 0 Å². The number of benzene rings is 2. The molecule has 2 aromatic carbocycles. The molecule has 0 aliphatic carbocycles. The predicted octanol–water partition coefficient (Wildman–Crippen LogP) is 3.98. The Labute approximate surface area is 180 Å². The summed E-state index contributed by atoms with van der Waals surface area (Å²) in [6.07, 6.45) is 1.27. The Kier molecular flexibility index (Phi) is 6.96. The molecule has 4 rings (SSSR count). The number of rotatable bonds is 6. The van der Waals surface area contributed by atoms with Gasteiger partial charge in [0.1, 0.15) is 0 Å². The first-order valence-electron chi connectivity index (χ1n) is 10.9. The summed E-state index contributed by atoms with van der Waals surface area (Å²) in [5.41, 5.74) is 4.05. The Morgan fingerprint density at radius 2 is 1.34 bits per heavy atom. The lowest BCUT2D eigenvalue weighted by atomic mass is 10.1. The van der Waals surface area contributed by atoms with Crippen LogP contribution in [-0.2, 0) is 0 Å². The van der Waals surface area contributed by atoms with E-state index in [4.69, 9.17) is 11.6 Å². The van der Waals surface area contributed by atoms with Crippen LogP contribution in [0.3, 0.4) is 0 Å². The van der Waals surface area contributed by atoms with Gasteiger partial charge in [-0.2, -0.15) is 0 Å². The smallest absolute Gasteiger partial charge is 0.0426 e. The average Bonchev–Trinajstić information content (AvgIpc) is 2.75. The summed E-state index contributed by atoms with van der Waals surface area (Å²) in [7, 11) is 0. The Balaban J connectivity index is 1.14. The van der Waals surface area contributed by atoms with Crippen LogP contribution in [0.2, 0.25) is 5.02 Å². The highest BCUT2D eigenvalue weighted by molar-refractivity contribution is 6.30. The van der Waals surface area contributed by atoms with E-state index in [-0.39, 0.29) is 0 Å². The summed E-state index contributed by atoms with van der Waals surface area (Å²) in [6.45, 7) is 13.8. The van der Waals surface area contributed by atoms with Crippen molar-refractivity contribution in [2.24, 2.45) is 0 Å². The Bertz CT molecular complexity index is 780. The number of aryl methyl sites for hydroxylation is 1. The maximum atomic E-state index is 6.14. The van der Waals surface area contributed by atoms with E-state index in [9.17, 15) is 0 Å². The molecule has 0 radical (unpaired) electrons. The first-order chi connectivity index (χ1) is 14.2. The molecule has 0 bridgehead atoms. The number of para-hydroxylation sites is 1. The normalized spacial score (nSPS) is 19.0. The van der Waals surface area contributed by atoms with Crippen LogP contribution in [0.1, 0.15) is 12.0 Å². The third-order valence-electron chi connectivity index (χ3n) is 6.32.